The van der Waals surface area contributed by atoms with Gasteiger partial charge in [0.15, 0.2) is 0 Å². The van der Waals surface area contributed by atoms with Crippen LogP contribution in [0.1, 0.15) is 99.3 Å². The van der Waals surface area contributed by atoms with Gasteiger partial charge < -0.3 is 19.7 Å². The summed E-state index contributed by atoms with van der Waals surface area (Å²) < 4.78 is 5.64. The third kappa shape index (κ3) is 4.80. The number of carbonyl (C=O) groups excluding carboxylic acids is 2. The predicted molar refractivity (Wildman–Crippen MR) is 146 cm³/mol. The molecule has 2 N–H and O–H groups in total. The molecule has 9 atom stereocenters. The van der Waals surface area contributed by atoms with Crippen LogP contribution in [0, 0.1) is 45.8 Å². The van der Waals surface area contributed by atoms with E-state index in [2.05, 4.69) is 33.8 Å². The number of carboxylic acid groups (broad SMARTS) is 1. The van der Waals surface area contributed by atoms with E-state index in [0.717, 1.165) is 37.7 Å². The molecule has 0 amide bonds. The molecule has 4 aliphatic carbocycles. The molecule has 9 unspecified atom stereocenters. The minimum atomic E-state index is -1.21. The second-order valence-corrected chi connectivity index (χ2v) is 13.9. The van der Waals surface area contributed by atoms with Gasteiger partial charge in [-0.25, -0.2) is 0 Å². The summed E-state index contributed by atoms with van der Waals surface area (Å²) in [6.45, 7) is 13.1. The fourth-order valence-electron chi connectivity index (χ4n) is 9.41. The molecule has 4 aliphatic rings. The molecule has 0 spiro atoms. The van der Waals surface area contributed by atoms with Crippen molar-refractivity contribution in [1.29, 1.82) is 0 Å². The van der Waals surface area contributed by atoms with Crippen LogP contribution in [0.4, 0.5) is 0 Å². The van der Waals surface area contributed by atoms with Crippen molar-refractivity contribution in [1.82, 2.24) is 0 Å². The highest BCUT2D eigenvalue weighted by atomic mass is 16.5. The molecule has 0 aromatic carbocycles. The fraction of sp³-hybridized carbons (Fsp3) is 0.781. The maximum Gasteiger partial charge on any atom is 0.317 e. The van der Waals surface area contributed by atoms with Gasteiger partial charge in [0.1, 0.15) is 18.8 Å². The average Bonchev–Trinajstić information content (AvgIpc) is 3.17. The van der Waals surface area contributed by atoms with Gasteiger partial charge in [0.25, 0.3) is 0 Å². The molecule has 0 aromatic rings. The molecule has 0 saturated heterocycles. The van der Waals surface area contributed by atoms with E-state index in [1.54, 1.807) is 0 Å². The maximum absolute atomic E-state index is 13.1. The van der Waals surface area contributed by atoms with E-state index in [0.29, 0.717) is 30.6 Å². The van der Waals surface area contributed by atoms with Gasteiger partial charge in [-0.1, -0.05) is 51.0 Å². The predicted octanol–water partition coefficient (Wildman–Crippen LogP) is 6.12. The lowest BCUT2D eigenvalue weighted by atomic mass is 9.42. The monoisotopic (exact) mass is 528 g/mol. The van der Waals surface area contributed by atoms with Gasteiger partial charge in [0.2, 0.25) is 0 Å². The molecule has 4 rings (SSSR count). The SMILES string of the molecule is CC(C)=CCCC(C)C1CCC2C3C(O)C=C4C(CCC(OC(=O)CC(=O)O)C4(C)C)C3(C=O)CCC12C. The zero-order valence-electron chi connectivity index (χ0n) is 24.2. The van der Waals surface area contributed by atoms with Crippen molar-refractivity contribution in [3.63, 3.8) is 0 Å². The van der Waals surface area contributed by atoms with Crippen LogP contribution in [0.25, 0.3) is 0 Å². The lowest BCUT2D eigenvalue weighted by molar-refractivity contribution is -0.168. The van der Waals surface area contributed by atoms with Crippen LogP contribution in [-0.4, -0.2) is 40.6 Å². The standard InChI is InChI=1S/C32H48O6/c1-19(2)8-7-9-20(3)21-10-11-23-29-25(34)16-24-22(32(29,18-33)15-14-31(21,23)6)12-13-26(30(24,4)5)38-28(37)17-27(35)36/h8,16,18,20-23,25-26,29,34H,7,9-15,17H2,1-6H3,(H,35,36). The number of allylic oxidation sites excluding steroid dienone is 2. The Hall–Kier alpha value is -1.95. The summed E-state index contributed by atoms with van der Waals surface area (Å²) in [7, 11) is 0. The average molecular weight is 529 g/mol. The number of aliphatic hydroxyl groups is 1. The van der Waals surface area contributed by atoms with Crippen LogP contribution >= 0.6 is 0 Å². The first-order chi connectivity index (χ1) is 17.8. The number of aliphatic carboxylic acids is 1. The smallest absolute Gasteiger partial charge is 0.317 e. The minimum absolute atomic E-state index is 0.0107. The molecule has 0 bridgehead atoms. The molecular weight excluding hydrogens is 480 g/mol. The summed E-state index contributed by atoms with van der Waals surface area (Å²) in [4.78, 5) is 36.3. The second kappa shape index (κ2) is 10.6. The van der Waals surface area contributed by atoms with Crippen LogP contribution in [0.2, 0.25) is 0 Å². The molecule has 3 saturated carbocycles. The van der Waals surface area contributed by atoms with Gasteiger partial charge >= 0.3 is 11.9 Å². The first kappa shape index (κ1) is 29.0. The summed E-state index contributed by atoms with van der Waals surface area (Å²) in [5.74, 6) is -0.520. The van der Waals surface area contributed by atoms with E-state index in [-0.39, 0.29) is 17.3 Å². The fourth-order valence-corrected chi connectivity index (χ4v) is 9.41. The quantitative estimate of drug-likeness (QED) is 0.170. The van der Waals surface area contributed by atoms with Crippen molar-refractivity contribution in [2.45, 2.75) is 112 Å². The number of fused-ring (bicyclic) bond motifs is 5. The van der Waals surface area contributed by atoms with Crippen LogP contribution in [0.15, 0.2) is 23.3 Å². The largest absolute Gasteiger partial charge is 0.481 e. The number of aldehydes is 1. The molecule has 3 fully saturated rings. The van der Waals surface area contributed by atoms with E-state index in [9.17, 15) is 19.5 Å². The lowest BCUT2D eigenvalue weighted by Gasteiger charge is -2.62. The molecule has 0 radical (unpaired) electrons. The zero-order valence-corrected chi connectivity index (χ0v) is 24.2. The van der Waals surface area contributed by atoms with Crippen molar-refractivity contribution in [3.05, 3.63) is 23.3 Å². The second-order valence-electron chi connectivity index (χ2n) is 13.9. The molecule has 6 heteroatoms. The summed E-state index contributed by atoms with van der Waals surface area (Å²) in [5.41, 5.74) is 1.29. The molecule has 6 nitrogen and oxygen atoms in total. The Morgan fingerprint density at radius 3 is 2.47 bits per heavy atom. The summed E-state index contributed by atoms with van der Waals surface area (Å²) >= 11 is 0. The number of rotatable bonds is 8. The molecule has 0 heterocycles. The Bertz CT molecular complexity index is 1010. The summed E-state index contributed by atoms with van der Waals surface area (Å²) in [6, 6.07) is 0. The molecule has 38 heavy (non-hydrogen) atoms. The third-order valence-electron chi connectivity index (χ3n) is 11.3. The Labute approximate surface area is 228 Å². The number of hydrogen-bond acceptors (Lipinski definition) is 5. The Balaban J connectivity index is 1.61. The van der Waals surface area contributed by atoms with Crippen LogP contribution < -0.4 is 0 Å². The van der Waals surface area contributed by atoms with E-state index in [1.807, 2.05) is 19.9 Å². The summed E-state index contributed by atoms with van der Waals surface area (Å²) in [5, 5.41) is 20.7. The highest BCUT2D eigenvalue weighted by Gasteiger charge is 2.66. The van der Waals surface area contributed by atoms with Crippen molar-refractivity contribution >= 4 is 18.2 Å². The zero-order chi connectivity index (χ0) is 28.0. The van der Waals surface area contributed by atoms with E-state index >= 15 is 0 Å². The maximum atomic E-state index is 13.1. The van der Waals surface area contributed by atoms with Gasteiger partial charge in [-0.05, 0) is 94.3 Å². The number of carbonyl (C=O) groups is 3. The van der Waals surface area contributed by atoms with Crippen LogP contribution in [0.3, 0.4) is 0 Å². The first-order valence-electron chi connectivity index (χ1n) is 14.7. The Morgan fingerprint density at radius 1 is 1.13 bits per heavy atom. The summed E-state index contributed by atoms with van der Waals surface area (Å²) in [6.07, 6.45) is 11.2. The lowest BCUT2D eigenvalue weighted by Crippen LogP contribution is -2.61. The van der Waals surface area contributed by atoms with E-state index in [4.69, 9.17) is 9.84 Å². The number of carboxylic acids is 1. The molecular formula is C32H48O6. The van der Waals surface area contributed by atoms with Gasteiger partial charge in [-0.3, -0.25) is 9.59 Å². The minimum Gasteiger partial charge on any atom is -0.481 e. The number of aliphatic hydroxyl groups excluding tert-OH is 1. The topological polar surface area (TPSA) is 101 Å². The van der Waals surface area contributed by atoms with Gasteiger partial charge in [0, 0.05) is 16.7 Å². The molecule has 0 aromatic heterocycles. The number of hydrogen-bond donors (Lipinski definition) is 2. The van der Waals surface area contributed by atoms with Gasteiger partial charge in [0.05, 0.1) is 6.10 Å². The van der Waals surface area contributed by atoms with Gasteiger partial charge in [-0.2, -0.15) is 0 Å². The van der Waals surface area contributed by atoms with Crippen molar-refractivity contribution < 1.29 is 29.3 Å². The Morgan fingerprint density at radius 2 is 1.84 bits per heavy atom. The van der Waals surface area contributed by atoms with Crippen molar-refractivity contribution in [3.8, 4) is 0 Å². The van der Waals surface area contributed by atoms with Crippen LogP contribution in [0.5, 0.6) is 0 Å². The van der Waals surface area contributed by atoms with Crippen molar-refractivity contribution in [2.24, 2.45) is 45.8 Å². The number of ether oxygens (including phenoxy) is 1. The highest BCUT2D eigenvalue weighted by molar-refractivity contribution is 5.90. The highest BCUT2D eigenvalue weighted by Crippen LogP contribution is 2.69. The van der Waals surface area contributed by atoms with E-state index in [1.165, 1.54) is 18.3 Å². The molecule has 212 valence electrons. The normalized spacial score (nSPS) is 40.0. The Kier molecular flexibility index (Phi) is 8.07. The third-order valence-corrected chi connectivity index (χ3v) is 11.3. The molecule has 0 aliphatic heterocycles. The van der Waals surface area contributed by atoms with Crippen LogP contribution in [-0.2, 0) is 19.1 Å². The number of esters is 1. The van der Waals surface area contributed by atoms with E-state index < -0.39 is 41.4 Å². The first-order valence-corrected chi connectivity index (χ1v) is 14.7. The van der Waals surface area contributed by atoms with Crippen molar-refractivity contribution in [2.75, 3.05) is 0 Å². The van der Waals surface area contributed by atoms with Gasteiger partial charge in [-0.15, -0.1) is 0 Å².